The van der Waals surface area contributed by atoms with E-state index < -0.39 is 0 Å². The summed E-state index contributed by atoms with van der Waals surface area (Å²) < 4.78 is 6.72. The van der Waals surface area contributed by atoms with Crippen LogP contribution >= 0.6 is 0 Å². The molecule has 238 valence electrons. The van der Waals surface area contributed by atoms with Crippen LogP contribution in [0.4, 0.5) is 0 Å². The molecule has 10 rings (SSSR count). The zero-order valence-electron chi connectivity index (χ0n) is 27.5. The number of benzene rings is 8. The van der Waals surface area contributed by atoms with Crippen molar-refractivity contribution < 1.29 is 4.42 Å². The molecule has 0 bridgehead atoms. The first-order valence-electron chi connectivity index (χ1n) is 17.1. The van der Waals surface area contributed by atoms with Crippen molar-refractivity contribution in [3.05, 3.63) is 176 Å². The van der Waals surface area contributed by atoms with Crippen molar-refractivity contribution in [2.24, 2.45) is 0 Å². The van der Waals surface area contributed by atoms with Crippen LogP contribution in [0.3, 0.4) is 0 Å². The van der Waals surface area contributed by atoms with Crippen LogP contribution in [-0.2, 0) is 0 Å². The lowest BCUT2D eigenvalue weighted by Crippen LogP contribution is -2.00. The van der Waals surface area contributed by atoms with Crippen molar-refractivity contribution in [2.45, 2.75) is 0 Å². The van der Waals surface area contributed by atoms with E-state index in [1.165, 1.54) is 16.3 Å². The van der Waals surface area contributed by atoms with E-state index in [1.54, 1.807) is 0 Å². The lowest BCUT2D eigenvalue weighted by molar-refractivity contribution is 0.669. The summed E-state index contributed by atoms with van der Waals surface area (Å²) in [4.78, 5) is 15.3. The molecule has 0 aliphatic carbocycles. The highest BCUT2D eigenvalue weighted by molar-refractivity contribution is 6.25. The number of furan rings is 1. The highest BCUT2D eigenvalue weighted by atomic mass is 16.3. The Morgan fingerprint density at radius 2 is 0.882 bits per heavy atom. The first-order valence-corrected chi connectivity index (χ1v) is 17.1. The number of nitrogens with zero attached hydrogens (tertiary/aromatic N) is 3. The van der Waals surface area contributed by atoms with Gasteiger partial charge in [-0.15, -0.1) is 0 Å². The van der Waals surface area contributed by atoms with E-state index in [4.69, 9.17) is 19.4 Å². The summed E-state index contributed by atoms with van der Waals surface area (Å²) in [6, 6.07) is 60.9. The maximum atomic E-state index is 6.72. The maximum absolute atomic E-state index is 6.72. The van der Waals surface area contributed by atoms with Gasteiger partial charge in [-0.05, 0) is 62.0 Å². The Bertz CT molecular complexity index is 2910. The third-order valence-corrected chi connectivity index (χ3v) is 9.72. The van der Waals surface area contributed by atoms with E-state index in [2.05, 4.69) is 140 Å². The van der Waals surface area contributed by atoms with Crippen molar-refractivity contribution in [3.8, 4) is 56.4 Å². The molecule has 0 N–H and O–H groups in total. The molecule has 0 aliphatic rings. The molecule has 2 heterocycles. The summed E-state index contributed by atoms with van der Waals surface area (Å²) in [5.41, 5.74) is 8.95. The number of fused-ring (bicyclic) bond motifs is 6. The van der Waals surface area contributed by atoms with Gasteiger partial charge in [0.15, 0.2) is 17.5 Å². The van der Waals surface area contributed by atoms with E-state index in [9.17, 15) is 0 Å². The summed E-state index contributed by atoms with van der Waals surface area (Å²) in [6.45, 7) is 0. The van der Waals surface area contributed by atoms with Crippen molar-refractivity contribution in [2.75, 3.05) is 0 Å². The predicted molar refractivity (Wildman–Crippen MR) is 209 cm³/mol. The molecule has 51 heavy (non-hydrogen) atoms. The molecule has 0 atom stereocenters. The quantitative estimate of drug-likeness (QED) is 0.186. The maximum Gasteiger partial charge on any atom is 0.164 e. The summed E-state index contributed by atoms with van der Waals surface area (Å²) >= 11 is 0. The molecule has 4 nitrogen and oxygen atoms in total. The molecule has 0 fully saturated rings. The standard InChI is InChI=1S/C47H29N3O/c1-3-14-30(15-4-1)33-20-11-21-34(28-33)46-48-45(32-17-5-2-6-18-32)49-47(50-46)40-29-42-44(38-24-10-9-23-37(38)40)43-39(26-13-27-41(43)51-42)36-25-12-19-31-16-7-8-22-35(31)36/h1-29H. The number of hydrogen-bond acceptors (Lipinski definition) is 4. The van der Waals surface area contributed by atoms with Crippen LogP contribution in [0.2, 0.25) is 0 Å². The third-order valence-electron chi connectivity index (χ3n) is 9.72. The minimum atomic E-state index is 0.594. The second kappa shape index (κ2) is 11.9. The monoisotopic (exact) mass is 651 g/mol. The van der Waals surface area contributed by atoms with Gasteiger partial charge in [0.1, 0.15) is 11.2 Å². The topological polar surface area (TPSA) is 51.8 Å². The van der Waals surface area contributed by atoms with Crippen molar-refractivity contribution in [1.29, 1.82) is 0 Å². The van der Waals surface area contributed by atoms with E-state index in [0.29, 0.717) is 17.5 Å². The van der Waals surface area contributed by atoms with Gasteiger partial charge in [0.2, 0.25) is 0 Å². The molecule has 0 radical (unpaired) electrons. The van der Waals surface area contributed by atoms with Crippen molar-refractivity contribution in [1.82, 2.24) is 15.0 Å². The Morgan fingerprint density at radius 3 is 1.71 bits per heavy atom. The largest absolute Gasteiger partial charge is 0.456 e. The second-order valence-electron chi connectivity index (χ2n) is 12.8. The average Bonchev–Trinajstić information content (AvgIpc) is 3.60. The summed E-state index contributed by atoms with van der Waals surface area (Å²) in [7, 11) is 0. The Morgan fingerprint density at radius 1 is 0.314 bits per heavy atom. The van der Waals surface area contributed by atoms with Crippen molar-refractivity contribution in [3.63, 3.8) is 0 Å². The zero-order chi connectivity index (χ0) is 33.7. The Hall–Kier alpha value is -6.91. The van der Waals surface area contributed by atoms with Crippen molar-refractivity contribution >= 4 is 43.5 Å². The summed E-state index contributed by atoms with van der Waals surface area (Å²) in [5, 5.41) is 6.75. The van der Waals surface area contributed by atoms with Gasteiger partial charge in [-0.2, -0.15) is 0 Å². The normalized spacial score (nSPS) is 11.5. The van der Waals surface area contributed by atoms with E-state index >= 15 is 0 Å². The minimum absolute atomic E-state index is 0.594. The highest BCUT2D eigenvalue weighted by Gasteiger charge is 2.21. The molecule has 10 aromatic rings. The van der Waals surface area contributed by atoms with E-state index in [-0.39, 0.29) is 0 Å². The van der Waals surface area contributed by atoms with Gasteiger partial charge in [-0.1, -0.05) is 158 Å². The molecular weight excluding hydrogens is 623 g/mol. The molecule has 2 aromatic heterocycles. The van der Waals surface area contributed by atoms with Crippen LogP contribution in [0.25, 0.3) is 99.9 Å². The molecule has 0 spiro atoms. The Labute approximate surface area is 294 Å². The van der Waals surface area contributed by atoms with Crippen LogP contribution < -0.4 is 0 Å². The zero-order valence-corrected chi connectivity index (χ0v) is 27.5. The first-order chi connectivity index (χ1) is 25.3. The lowest BCUT2D eigenvalue weighted by atomic mass is 9.92. The average molecular weight is 652 g/mol. The lowest BCUT2D eigenvalue weighted by Gasteiger charge is -2.12. The minimum Gasteiger partial charge on any atom is -0.456 e. The fourth-order valence-corrected chi connectivity index (χ4v) is 7.36. The van der Waals surface area contributed by atoms with Gasteiger partial charge in [-0.3, -0.25) is 0 Å². The number of aromatic nitrogens is 3. The van der Waals surface area contributed by atoms with Crippen LogP contribution in [0.5, 0.6) is 0 Å². The molecule has 0 unspecified atom stereocenters. The number of rotatable bonds is 5. The molecule has 0 saturated heterocycles. The molecule has 0 saturated carbocycles. The Kier molecular flexibility index (Phi) is 6.78. The van der Waals surface area contributed by atoms with Crippen LogP contribution in [0.15, 0.2) is 180 Å². The first kappa shape index (κ1) is 29.0. The van der Waals surface area contributed by atoms with E-state index in [0.717, 1.165) is 66.1 Å². The molecular formula is C47H29N3O. The van der Waals surface area contributed by atoms with Gasteiger partial charge in [0, 0.05) is 27.5 Å². The van der Waals surface area contributed by atoms with Gasteiger partial charge < -0.3 is 4.42 Å². The van der Waals surface area contributed by atoms with Gasteiger partial charge in [0.05, 0.1) is 0 Å². The molecule has 8 aromatic carbocycles. The predicted octanol–water partition coefficient (Wildman–Crippen LogP) is 12.4. The van der Waals surface area contributed by atoms with Crippen LogP contribution in [0, 0.1) is 0 Å². The van der Waals surface area contributed by atoms with Gasteiger partial charge >= 0.3 is 0 Å². The second-order valence-corrected chi connectivity index (χ2v) is 12.8. The highest BCUT2D eigenvalue weighted by Crippen LogP contribution is 2.44. The summed E-state index contributed by atoms with van der Waals surface area (Å²) in [6.07, 6.45) is 0. The number of hydrogen-bond donors (Lipinski definition) is 0. The van der Waals surface area contributed by atoms with Crippen LogP contribution in [-0.4, -0.2) is 15.0 Å². The Balaban J connectivity index is 1.23. The smallest absolute Gasteiger partial charge is 0.164 e. The molecule has 4 heteroatoms. The SMILES string of the molecule is c1ccc(-c2cccc(-c3nc(-c4ccccc4)nc(-c4cc5oc6cccc(-c7cccc8ccccc78)c6c5c5ccccc45)n3)c2)cc1. The molecule has 0 amide bonds. The molecule has 0 aliphatic heterocycles. The van der Waals surface area contributed by atoms with Gasteiger partial charge in [-0.25, -0.2) is 15.0 Å². The summed E-state index contributed by atoms with van der Waals surface area (Å²) in [5.74, 6) is 1.83. The fourth-order valence-electron chi connectivity index (χ4n) is 7.36. The third kappa shape index (κ3) is 4.96. The van der Waals surface area contributed by atoms with Crippen LogP contribution in [0.1, 0.15) is 0 Å². The fraction of sp³-hybridized carbons (Fsp3) is 0. The van der Waals surface area contributed by atoms with E-state index in [1.807, 2.05) is 36.4 Å². The van der Waals surface area contributed by atoms with Gasteiger partial charge in [0.25, 0.3) is 0 Å².